The van der Waals surface area contributed by atoms with Gasteiger partial charge in [0, 0.05) is 24.8 Å². The highest BCUT2D eigenvalue weighted by Crippen LogP contribution is 2.13. The van der Waals surface area contributed by atoms with Gasteiger partial charge in [-0.05, 0) is 29.8 Å². The van der Waals surface area contributed by atoms with Gasteiger partial charge < -0.3 is 10.3 Å². The van der Waals surface area contributed by atoms with Gasteiger partial charge in [0.15, 0.2) is 0 Å². The Morgan fingerprint density at radius 1 is 1.40 bits per heavy atom. The van der Waals surface area contributed by atoms with Gasteiger partial charge in [0.05, 0.1) is 5.56 Å². The lowest BCUT2D eigenvalue weighted by atomic mass is 10.2. The SMILES string of the molecule is CN(Cc1cccc(Cl)c1)C(=O)c1ccc(NN)nc1. The van der Waals surface area contributed by atoms with Crippen molar-refractivity contribution in [3.05, 3.63) is 58.7 Å². The van der Waals surface area contributed by atoms with Gasteiger partial charge >= 0.3 is 0 Å². The highest BCUT2D eigenvalue weighted by molar-refractivity contribution is 6.30. The molecular formula is C14H15ClN4O. The number of nitrogen functional groups attached to an aromatic ring is 1. The number of hydrogen-bond donors (Lipinski definition) is 2. The quantitative estimate of drug-likeness (QED) is 0.669. The molecule has 104 valence electrons. The number of halogens is 1. The molecule has 0 aliphatic rings. The minimum absolute atomic E-state index is 0.110. The van der Waals surface area contributed by atoms with E-state index in [9.17, 15) is 4.79 Å². The number of carbonyl (C=O) groups is 1. The van der Waals surface area contributed by atoms with E-state index in [-0.39, 0.29) is 5.91 Å². The molecule has 20 heavy (non-hydrogen) atoms. The third-order valence-electron chi connectivity index (χ3n) is 2.81. The molecule has 1 aromatic heterocycles. The van der Waals surface area contributed by atoms with Crippen LogP contribution in [0.3, 0.4) is 0 Å². The fourth-order valence-electron chi connectivity index (χ4n) is 1.81. The highest BCUT2D eigenvalue weighted by atomic mass is 35.5. The number of amides is 1. The molecule has 2 rings (SSSR count). The summed E-state index contributed by atoms with van der Waals surface area (Å²) in [5, 5.41) is 0.656. The van der Waals surface area contributed by atoms with Crippen molar-refractivity contribution in [1.82, 2.24) is 9.88 Å². The molecule has 0 fully saturated rings. The van der Waals surface area contributed by atoms with Crippen molar-refractivity contribution in [2.45, 2.75) is 6.54 Å². The number of nitrogens with two attached hydrogens (primary N) is 1. The maximum atomic E-state index is 12.2. The molecule has 5 nitrogen and oxygen atoms in total. The second-order valence-electron chi connectivity index (χ2n) is 4.37. The lowest BCUT2D eigenvalue weighted by molar-refractivity contribution is 0.0784. The third-order valence-corrected chi connectivity index (χ3v) is 3.05. The van der Waals surface area contributed by atoms with E-state index < -0.39 is 0 Å². The summed E-state index contributed by atoms with van der Waals surface area (Å²) in [6, 6.07) is 10.8. The van der Waals surface area contributed by atoms with Gasteiger partial charge in [-0.15, -0.1) is 0 Å². The molecule has 1 amide bonds. The van der Waals surface area contributed by atoms with Crippen molar-refractivity contribution in [2.24, 2.45) is 5.84 Å². The van der Waals surface area contributed by atoms with Crippen LogP contribution in [0.2, 0.25) is 5.02 Å². The number of benzene rings is 1. The van der Waals surface area contributed by atoms with Crippen molar-refractivity contribution in [3.8, 4) is 0 Å². The van der Waals surface area contributed by atoms with Gasteiger partial charge in [-0.25, -0.2) is 10.8 Å². The molecule has 0 atom stereocenters. The molecule has 0 spiro atoms. The first-order chi connectivity index (χ1) is 9.60. The fourth-order valence-corrected chi connectivity index (χ4v) is 2.02. The Kier molecular flexibility index (Phi) is 4.55. The minimum Gasteiger partial charge on any atom is -0.337 e. The van der Waals surface area contributed by atoms with Gasteiger partial charge in [-0.3, -0.25) is 4.79 Å². The van der Waals surface area contributed by atoms with E-state index in [1.165, 1.54) is 6.20 Å². The number of nitrogens with one attached hydrogen (secondary N) is 1. The molecule has 1 aromatic carbocycles. The first-order valence-electron chi connectivity index (χ1n) is 6.02. The molecule has 1 heterocycles. The van der Waals surface area contributed by atoms with Crippen molar-refractivity contribution < 1.29 is 4.79 Å². The number of pyridine rings is 1. The summed E-state index contributed by atoms with van der Waals surface area (Å²) in [7, 11) is 1.73. The number of anilines is 1. The monoisotopic (exact) mass is 290 g/mol. The van der Waals surface area contributed by atoms with Crippen molar-refractivity contribution in [2.75, 3.05) is 12.5 Å². The maximum absolute atomic E-state index is 12.2. The molecule has 3 N–H and O–H groups in total. The van der Waals surface area contributed by atoms with E-state index in [0.29, 0.717) is 22.9 Å². The Bertz CT molecular complexity index is 600. The number of hydrazine groups is 1. The van der Waals surface area contributed by atoms with Crippen LogP contribution in [0.4, 0.5) is 5.82 Å². The first-order valence-corrected chi connectivity index (χ1v) is 6.40. The third kappa shape index (κ3) is 3.46. The van der Waals surface area contributed by atoms with Gasteiger partial charge in [-0.1, -0.05) is 23.7 Å². The van der Waals surface area contributed by atoms with Crippen LogP contribution < -0.4 is 11.3 Å². The van der Waals surface area contributed by atoms with Crippen molar-refractivity contribution >= 4 is 23.3 Å². The van der Waals surface area contributed by atoms with E-state index in [0.717, 1.165) is 5.56 Å². The van der Waals surface area contributed by atoms with Crippen molar-refractivity contribution in [3.63, 3.8) is 0 Å². The molecule has 0 aliphatic heterocycles. The summed E-state index contributed by atoms with van der Waals surface area (Å²) in [5.74, 6) is 5.63. The minimum atomic E-state index is -0.110. The number of nitrogens with zero attached hydrogens (tertiary/aromatic N) is 2. The normalized spacial score (nSPS) is 10.2. The highest BCUT2D eigenvalue weighted by Gasteiger charge is 2.12. The zero-order valence-electron chi connectivity index (χ0n) is 11.0. The second-order valence-corrected chi connectivity index (χ2v) is 4.80. The molecule has 0 saturated carbocycles. The average Bonchev–Trinajstić information content (AvgIpc) is 2.46. The Morgan fingerprint density at radius 2 is 2.20 bits per heavy atom. The standard InChI is InChI=1S/C14H15ClN4O/c1-19(9-10-3-2-4-12(15)7-10)14(20)11-5-6-13(18-16)17-8-11/h2-8H,9,16H2,1H3,(H,17,18). The molecule has 0 unspecified atom stereocenters. The lowest BCUT2D eigenvalue weighted by Gasteiger charge is -2.17. The smallest absolute Gasteiger partial charge is 0.255 e. The Labute approximate surface area is 122 Å². The Balaban J connectivity index is 2.07. The van der Waals surface area contributed by atoms with Crippen LogP contribution in [0, 0.1) is 0 Å². The van der Waals surface area contributed by atoms with Crippen LogP contribution >= 0.6 is 11.6 Å². The van der Waals surface area contributed by atoms with Gasteiger partial charge in [-0.2, -0.15) is 0 Å². The maximum Gasteiger partial charge on any atom is 0.255 e. The van der Waals surface area contributed by atoms with Gasteiger partial charge in [0.2, 0.25) is 0 Å². The Hall–Kier alpha value is -2.11. The van der Waals surface area contributed by atoms with E-state index in [2.05, 4.69) is 10.4 Å². The molecule has 0 saturated heterocycles. The summed E-state index contributed by atoms with van der Waals surface area (Å²) in [6.07, 6.45) is 1.49. The van der Waals surface area contributed by atoms with Crippen LogP contribution in [0.25, 0.3) is 0 Å². The lowest BCUT2D eigenvalue weighted by Crippen LogP contribution is -2.26. The predicted octanol–water partition coefficient (Wildman–Crippen LogP) is 2.29. The van der Waals surface area contributed by atoms with Crippen molar-refractivity contribution in [1.29, 1.82) is 0 Å². The summed E-state index contributed by atoms with van der Waals surface area (Å²) in [5.41, 5.74) is 3.90. The van der Waals surface area contributed by atoms with E-state index in [1.807, 2.05) is 18.2 Å². The first kappa shape index (κ1) is 14.3. The number of aromatic nitrogens is 1. The van der Waals surface area contributed by atoms with E-state index in [4.69, 9.17) is 17.4 Å². The van der Waals surface area contributed by atoms with E-state index >= 15 is 0 Å². The van der Waals surface area contributed by atoms with Crippen LogP contribution in [0.5, 0.6) is 0 Å². The molecular weight excluding hydrogens is 276 g/mol. The van der Waals surface area contributed by atoms with Crippen LogP contribution in [-0.2, 0) is 6.54 Å². The number of carbonyl (C=O) groups excluding carboxylic acids is 1. The summed E-state index contributed by atoms with van der Waals surface area (Å²) in [6.45, 7) is 0.482. The predicted molar refractivity (Wildman–Crippen MR) is 79.3 cm³/mol. The molecule has 6 heteroatoms. The fraction of sp³-hybridized carbons (Fsp3) is 0.143. The zero-order chi connectivity index (χ0) is 14.5. The summed E-state index contributed by atoms with van der Waals surface area (Å²) >= 11 is 5.93. The van der Waals surface area contributed by atoms with Gasteiger partial charge in [0.1, 0.15) is 5.82 Å². The van der Waals surface area contributed by atoms with Crippen LogP contribution in [-0.4, -0.2) is 22.8 Å². The number of hydrogen-bond acceptors (Lipinski definition) is 4. The van der Waals surface area contributed by atoms with E-state index in [1.54, 1.807) is 30.1 Å². The largest absolute Gasteiger partial charge is 0.337 e. The molecule has 0 radical (unpaired) electrons. The molecule has 2 aromatic rings. The Morgan fingerprint density at radius 3 is 2.80 bits per heavy atom. The molecule has 0 bridgehead atoms. The van der Waals surface area contributed by atoms with Crippen LogP contribution in [0.15, 0.2) is 42.6 Å². The summed E-state index contributed by atoms with van der Waals surface area (Å²) < 4.78 is 0. The average molecular weight is 291 g/mol. The zero-order valence-corrected chi connectivity index (χ0v) is 11.8. The second kappa shape index (κ2) is 6.36. The summed E-state index contributed by atoms with van der Waals surface area (Å²) in [4.78, 5) is 17.9. The topological polar surface area (TPSA) is 71.2 Å². The van der Waals surface area contributed by atoms with Gasteiger partial charge in [0.25, 0.3) is 5.91 Å². The van der Waals surface area contributed by atoms with Crippen LogP contribution in [0.1, 0.15) is 15.9 Å². The number of rotatable bonds is 4. The molecule has 0 aliphatic carbocycles.